The standard InChI is InChI=1S/C33H40O19/c1-10-19(37)22(40)25(43)32(47-10)51-28-11(2)48-31(27(45)24(28)42)46-9-17-20(38)23(41)26(44)33(50-17)52-30-21(39)18-15(36)7-14(35)8-16(18)49-29(30)12-3-5-13(34)6-4-12/h3-8,10-11,17,19-20,22-28,31-38,40-45H,9H2,1-2H3/t10-,11-,17+,19-,20+,22-,23+,24-,25-,26+,27+,28+,31+,32-,33+/m0/s1. The lowest BCUT2D eigenvalue weighted by Gasteiger charge is -2.46. The third-order valence-corrected chi connectivity index (χ3v) is 9.25. The molecule has 0 amide bonds. The van der Waals surface area contributed by atoms with Gasteiger partial charge in [0, 0.05) is 17.7 Å². The molecule has 0 bridgehead atoms. The zero-order chi connectivity index (χ0) is 37.8. The van der Waals surface area contributed by atoms with Crippen LogP contribution in [0.15, 0.2) is 45.6 Å². The second kappa shape index (κ2) is 15.0. The largest absolute Gasteiger partial charge is 0.508 e. The van der Waals surface area contributed by atoms with Crippen LogP contribution in [0.1, 0.15) is 13.8 Å². The molecule has 0 unspecified atom stereocenters. The second-order valence-corrected chi connectivity index (χ2v) is 12.9. The van der Waals surface area contributed by atoms with E-state index in [4.69, 9.17) is 32.8 Å². The van der Waals surface area contributed by atoms with E-state index in [-0.39, 0.29) is 22.7 Å². The van der Waals surface area contributed by atoms with E-state index in [0.29, 0.717) is 0 Å². The van der Waals surface area contributed by atoms with E-state index in [0.717, 1.165) is 12.1 Å². The summed E-state index contributed by atoms with van der Waals surface area (Å²) in [7, 11) is 0. The summed E-state index contributed by atoms with van der Waals surface area (Å²) in [5.74, 6) is -2.12. The Bertz CT molecular complexity index is 1770. The van der Waals surface area contributed by atoms with Crippen LogP contribution in [-0.2, 0) is 23.7 Å². The van der Waals surface area contributed by atoms with E-state index in [9.17, 15) is 61.0 Å². The highest BCUT2D eigenvalue weighted by molar-refractivity contribution is 5.88. The first kappa shape index (κ1) is 38.1. The predicted molar refractivity (Wildman–Crippen MR) is 170 cm³/mol. The highest BCUT2D eigenvalue weighted by atomic mass is 16.7. The summed E-state index contributed by atoms with van der Waals surface area (Å²) in [4.78, 5) is 13.7. The van der Waals surface area contributed by atoms with Crippen LogP contribution in [0.3, 0.4) is 0 Å². The van der Waals surface area contributed by atoms with Gasteiger partial charge in [-0.25, -0.2) is 0 Å². The molecular formula is C33H40O19. The Hall–Kier alpha value is -3.67. The third kappa shape index (κ3) is 7.16. The number of hydrogen-bond donors (Lipinski definition) is 11. The van der Waals surface area contributed by atoms with E-state index in [1.165, 1.54) is 38.1 Å². The van der Waals surface area contributed by atoms with Gasteiger partial charge in [0.05, 0.1) is 18.8 Å². The van der Waals surface area contributed by atoms with Crippen molar-refractivity contribution in [2.24, 2.45) is 0 Å². The highest BCUT2D eigenvalue weighted by Gasteiger charge is 2.51. The molecule has 0 aliphatic carbocycles. The zero-order valence-electron chi connectivity index (χ0n) is 27.5. The van der Waals surface area contributed by atoms with Crippen LogP contribution in [0.4, 0.5) is 0 Å². The molecule has 52 heavy (non-hydrogen) atoms. The van der Waals surface area contributed by atoms with Crippen LogP contribution in [0, 0.1) is 0 Å². The van der Waals surface area contributed by atoms with Crippen LogP contribution < -0.4 is 10.2 Å². The van der Waals surface area contributed by atoms with Crippen LogP contribution in [-0.4, -0.2) is 155 Å². The number of phenolic OH excluding ortho intramolecular Hbond substituents is 3. The van der Waals surface area contributed by atoms with E-state index >= 15 is 0 Å². The molecule has 0 radical (unpaired) electrons. The predicted octanol–water partition coefficient (Wildman–Crippen LogP) is -2.54. The maximum atomic E-state index is 13.7. The summed E-state index contributed by atoms with van der Waals surface area (Å²) >= 11 is 0. The number of phenols is 3. The topological polar surface area (TPSA) is 308 Å². The first-order valence-electron chi connectivity index (χ1n) is 16.2. The Morgan fingerprint density at radius 2 is 1.27 bits per heavy atom. The van der Waals surface area contributed by atoms with Gasteiger partial charge in [0.1, 0.15) is 89.3 Å². The minimum absolute atomic E-state index is 0.125. The molecule has 3 aliphatic heterocycles. The molecule has 15 atom stereocenters. The van der Waals surface area contributed by atoms with Gasteiger partial charge in [-0.05, 0) is 38.1 Å². The fourth-order valence-corrected chi connectivity index (χ4v) is 6.25. The van der Waals surface area contributed by atoms with Crippen molar-refractivity contribution in [3.8, 4) is 34.3 Å². The molecule has 19 nitrogen and oxygen atoms in total. The van der Waals surface area contributed by atoms with E-state index in [1.807, 2.05) is 0 Å². The van der Waals surface area contributed by atoms with E-state index < -0.39 is 127 Å². The number of aliphatic hydroxyl groups excluding tert-OH is 8. The molecule has 3 aromatic rings. The average molecular weight is 741 g/mol. The Labute approximate surface area is 293 Å². The lowest BCUT2D eigenvalue weighted by atomic mass is 9.97. The summed E-state index contributed by atoms with van der Waals surface area (Å²) in [5.41, 5.74) is -1.05. The lowest BCUT2D eigenvalue weighted by molar-refractivity contribution is -0.357. The van der Waals surface area contributed by atoms with Gasteiger partial charge >= 0.3 is 0 Å². The smallest absolute Gasteiger partial charge is 0.239 e. The first-order valence-corrected chi connectivity index (χ1v) is 16.2. The van der Waals surface area contributed by atoms with Gasteiger partial charge in [-0.2, -0.15) is 0 Å². The molecule has 0 saturated carbocycles. The third-order valence-electron chi connectivity index (χ3n) is 9.25. The lowest BCUT2D eigenvalue weighted by Crippen LogP contribution is -2.63. The van der Waals surface area contributed by atoms with Crippen molar-refractivity contribution in [2.75, 3.05) is 6.61 Å². The SMILES string of the molecule is C[C@@H]1O[C@@H](O[C@H]2[C@@H](O)[C@@H](O)[C@H](OC[C@H]3O[C@H](Oc4c(-c5ccc(O)cc5)oc5cc(O)cc(O)c5c4=O)[C@H](O)[C@H](O)[C@@H]3O)O[C@H]2C)[C@@H](O)[C@@H](O)[C@H]1O. The molecule has 4 heterocycles. The Morgan fingerprint density at radius 3 is 1.96 bits per heavy atom. The maximum Gasteiger partial charge on any atom is 0.239 e. The Balaban J connectivity index is 1.19. The molecule has 3 saturated heterocycles. The zero-order valence-corrected chi connectivity index (χ0v) is 27.5. The minimum Gasteiger partial charge on any atom is -0.508 e. The van der Waals surface area contributed by atoms with Crippen molar-refractivity contribution in [1.29, 1.82) is 0 Å². The molecule has 3 aliphatic rings. The summed E-state index contributed by atoms with van der Waals surface area (Å²) in [6, 6.07) is 7.24. The van der Waals surface area contributed by atoms with Gasteiger partial charge < -0.3 is 89.0 Å². The normalized spacial score (nSPS) is 38.3. The molecule has 286 valence electrons. The van der Waals surface area contributed by atoms with Crippen molar-refractivity contribution in [3.63, 3.8) is 0 Å². The van der Waals surface area contributed by atoms with E-state index in [1.54, 1.807) is 0 Å². The van der Waals surface area contributed by atoms with Crippen LogP contribution in [0.2, 0.25) is 0 Å². The van der Waals surface area contributed by atoms with Gasteiger partial charge in [0.25, 0.3) is 0 Å². The summed E-state index contributed by atoms with van der Waals surface area (Å²) < 4.78 is 39.6. The first-order chi connectivity index (χ1) is 24.6. The number of fused-ring (bicyclic) bond motifs is 1. The van der Waals surface area contributed by atoms with Crippen LogP contribution in [0.5, 0.6) is 23.0 Å². The summed E-state index contributed by atoms with van der Waals surface area (Å²) in [5, 5.41) is 114. The molecule has 2 aromatic carbocycles. The van der Waals surface area contributed by atoms with Gasteiger partial charge in [-0.15, -0.1) is 0 Å². The Kier molecular flexibility index (Phi) is 11.0. The molecule has 19 heteroatoms. The minimum atomic E-state index is -1.97. The molecule has 3 fully saturated rings. The fourth-order valence-electron chi connectivity index (χ4n) is 6.25. The quantitative estimate of drug-likeness (QED) is 0.113. The molecule has 1 aromatic heterocycles. The van der Waals surface area contributed by atoms with Gasteiger partial charge in [-0.1, -0.05) is 0 Å². The van der Waals surface area contributed by atoms with Crippen molar-refractivity contribution < 1.29 is 89.0 Å². The maximum absolute atomic E-state index is 13.7. The van der Waals surface area contributed by atoms with Crippen molar-refractivity contribution in [3.05, 3.63) is 46.6 Å². The van der Waals surface area contributed by atoms with Crippen LogP contribution >= 0.6 is 0 Å². The summed E-state index contributed by atoms with van der Waals surface area (Å²) in [6.45, 7) is 2.22. The van der Waals surface area contributed by atoms with Gasteiger partial charge in [0.2, 0.25) is 17.5 Å². The van der Waals surface area contributed by atoms with Crippen molar-refractivity contribution in [2.45, 2.75) is 106 Å². The number of hydrogen-bond acceptors (Lipinski definition) is 19. The number of aromatic hydroxyl groups is 3. The van der Waals surface area contributed by atoms with Gasteiger partial charge in [-0.3, -0.25) is 4.79 Å². The van der Waals surface area contributed by atoms with Crippen molar-refractivity contribution >= 4 is 11.0 Å². The molecular weight excluding hydrogens is 700 g/mol. The number of rotatable bonds is 8. The second-order valence-electron chi connectivity index (χ2n) is 12.9. The fraction of sp³-hybridized carbons (Fsp3) is 0.545. The highest BCUT2D eigenvalue weighted by Crippen LogP contribution is 2.38. The monoisotopic (exact) mass is 740 g/mol. The molecule has 0 spiro atoms. The van der Waals surface area contributed by atoms with Crippen molar-refractivity contribution in [1.82, 2.24) is 0 Å². The summed E-state index contributed by atoms with van der Waals surface area (Å²) in [6.07, 6.45) is -23.8. The number of aliphatic hydroxyl groups is 8. The van der Waals surface area contributed by atoms with Crippen LogP contribution in [0.25, 0.3) is 22.3 Å². The molecule has 6 rings (SSSR count). The Morgan fingerprint density at radius 1 is 0.654 bits per heavy atom. The number of ether oxygens (including phenoxy) is 6. The number of benzene rings is 2. The molecule has 11 N–H and O–H groups in total. The van der Waals surface area contributed by atoms with Gasteiger partial charge in [0.15, 0.2) is 18.3 Å². The average Bonchev–Trinajstić information content (AvgIpc) is 3.10. The van der Waals surface area contributed by atoms with E-state index in [2.05, 4.69) is 0 Å².